The average Bonchev–Trinajstić information content (AvgIpc) is 3.07. The van der Waals surface area contributed by atoms with E-state index >= 15 is 0 Å². The lowest BCUT2D eigenvalue weighted by Crippen LogP contribution is -2.48. The van der Waals surface area contributed by atoms with Crippen molar-refractivity contribution in [1.82, 2.24) is 15.2 Å². The third-order valence-electron chi connectivity index (χ3n) is 4.37. The molecule has 1 aliphatic rings. The van der Waals surface area contributed by atoms with Gasteiger partial charge >= 0.3 is 0 Å². The quantitative estimate of drug-likeness (QED) is 0.735. The van der Waals surface area contributed by atoms with Crippen molar-refractivity contribution in [3.05, 3.63) is 47.0 Å². The topological polar surface area (TPSA) is 54.5 Å². The molecular formula is C19H25N3O2S2. The van der Waals surface area contributed by atoms with Gasteiger partial charge in [-0.3, -0.25) is 9.69 Å². The van der Waals surface area contributed by atoms with Crippen LogP contribution in [0.3, 0.4) is 0 Å². The van der Waals surface area contributed by atoms with Crippen LogP contribution in [-0.2, 0) is 9.53 Å². The number of carbonyl (C=O) groups is 1. The van der Waals surface area contributed by atoms with Crippen LogP contribution in [0.1, 0.15) is 24.2 Å². The second kappa shape index (κ2) is 9.50. The number of morpholine rings is 1. The number of rotatable bonds is 7. The number of hydrogen-bond donors (Lipinski definition) is 1. The van der Waals surface area contributed by atoms with Crippen molar-refractivity contribution in [1.29, 1.82) is 0 Å². The number of carbonyl (C=O) groups excluding carboxylic acids is 1. The number of benzene rings is 1. The molecule has 0 radical (unpaired) electrons. The molecule has 0 saturated carbocycles. The first-order valence-electron chi connectivity index (χ1n) is 8.84. The van der Waals surface area contributed by atoms with E-state index in [2.05, 4.69) is 46.4 Å². The first-order valence-corrected chi connectivity index (χ1v) is 10.7. The van der Waals surface area contributed by atoms with Crippen molar-refractivity contribution < 1.29 is 9.53 Å². The molecule has 2 aromatic rings. The highest BCUT2D eigenvalue weighted by Crippen LogP contribution is 2.26. The molecule has 1 fully saturated rings. The molecule has 0 bridgehead atoms. The Labute approximate surface area is 163 Å². The summed E-state index contributed by atoms with van der Waals surface area (Å²) in [5, 5.41) is 5.19. The van der Waals surface area contributed by atoms with Crippen LogP contribution in [0, 0.1) is 6.92 Å². The highest BCUT2D eigenvalue weighted by Gasteiger charge is 2.28. The fourth-order valence-corrected chi connectivity index (χ4v) is 4.88. The Morgan fingerprint density at radius 3 is 2.73 bits per heavy atom. The lowest BCUT2D eigenvalue weighted by Gasteiger charge is -2.38. The molecule has 1 aliphatic heterocycles. The minimum atomic E-state index is 0.0154. The molecule has 1 amide bonds. The molecule has 1 saturated heterocycles. The molecule has 3 rings (SSSR count). The van der Waals surface area contributed by atoms with Crippen LogP contribution in [0.5, 0.6) is 0 Å². The van der Waals surface area contributed by atoms with Crippen LogP contribution in [0.15, 0.2) is 40.1 Å². The Kier molecular flexibility index (Phi) is 7.07. The first kappa shape index (κ1) is 19.4. The van der Waals surface area contributed by atoms with Gasteiger partial charge in [0.2, 0.25) is 5.91 Å². The standard InChI is InChI=1S/C19H25N3O2S2/c1-14-12-25-19(20-14)26-13-17(23)21-15(2)18(16-6-4-3-5-7-16)22-8-10-24-11-9-22/h3-7,12,15,18H,8-11,13H2,1-2H3,(H,21,23)/t15-,18-/m1/s1. The van der Waals surface area contributed by atoms with Crippen LogP contribution >= 0.6 is 23.1 Å². The summed E-state index contributed by atoms with van der Waals surface area (Å²) in [4.78, 5) is 19.3. The summed E-state index contributed by atoms with van der Waals surface area (Å²) < 4.78 is 6.44. The normalized spacial score (nSPS) is 17.6. The van der Waals surface area contributed by atoms with Crippen molar-refractivity contribution in [2.24, 2.45) is 0 Å². The van der Waals surface area contributed by atoms with Crippen LogP contribution in [0.25, 0.3) is 0 Å². The van der Waals surface area contributed by atoms with Crippen LogP contribution in [0.4, 0.5) is 0 Å². The van der Waals surface area contributed by atoms with E-state index in [1.807, 2.05) is 18.4 Å². The Morgan fingerprint density at radius 1 is 1.35 bits per heavy atom. The van der Waals surface area contributed by atoms with Crippen LogP contribution in [-0.4, -0.2) is 53.9 Å². The van der Waals surface area contributed by atoms with Gasteiger partial charge in [0, 0.05) is 30.2 Å². The fourth-order valence-electron chi connectivity index (χ4n) is 3.22. The van der Waals surface area contributed by atoms with Gasteiger partial charge in [-0.15, -0.1) is 11.3 Å². The third kappa shape index (κ3) is 5.30. The molecule has 7 heteroatoms. The van der Waals surface area contributed by atoms with E-state index in [0.29, 0.717) is 5.75 Å². The summed E-state index contributed by atoms with van der Waals surface area (Å²) in [6.07, 6.45) is 0. The van der Waals surface area contributed by atoms with Crippen molar-refractivity contribution in [3.8, 4) is 0 Å². The van der Waals surface area contributed by atoms with E-state index in [4.69, 9.17) is 4.74 Å². The molecule has 0 unspecified atom stereocenters. The van der Waals surface area contributed by atoms with Gasteiger partial charge in [-0.05, 0) is 19.4 Å². The largest absolute Gasteiger partial charge is 0.379 e. The molecule has 2 heterocycles. The fraction of sp³-hybridized carbons (Fsp3) is 0.474. The van der Waals surface area contributed by atoms with Gasteiger partial charge < -0.3 is 10.1 Å². The van der Waals surface area contributed by atoms with E-state index in [0.717, 1.165) is 36.3 Å². The molecule has 1 aromatic heterocycles. The second-order valence-corrected chi connectivity index (χ2v) is 8.48. The maximum absolute atomic E-state index is 12.5. The predicted octanol–water partition coefficient (Wildman–Crippen LogP) is 3.12. The molecule has 26 heavy (non-hydrogen) atoms. The predicted molar refractivity (Wildman–Crippen MR) is 107 cm³/mol. The van der Waals surface area contributed by atoms with Crippen molar-refractivity contribution >= 4 is 29.0 Å². The number of aromatic nitrogens is 1. The molecule has 5 nitrogen and oxygen atoms in total. The van der Waals surface area contributed by atoms with Crippen molar-refractivity contribution in [2.45, 2.75) is 30.3 Å². The van der Waals surface area contributed by atoms with Crippen LogP contribution < -0.4 is 5.32 Å². The number of ether oxygens (including phenoxy) is 1. The Bertz CT molecular complexity index is 702. The molecule has 1 N–H and O–H groups in total. The number of nitrogens with zero attached hydrogens (tertiary/aromatic N) is 2. The average molecular weight is 392 g/mol. The molecule has 140 valence electrons. The lowest BCUT2D eigenvalue weighted by atomic mass is 9.98. The van der Waals surface area contributed by atoms with E-state index in [1.54, 1.807) is 11.3 Å². The van der Waals surface area contributed by atoms with Gasteiger partial charge in [-0.25, -0.2) is 4.98 Å². The molecular weight excluding hydrogens is 366 g/mol. The summed E-state index contributed by atoms with van der Waals surface area (Å²) >= 11 is 3.08. The van der Waals surface area contributed by atoms with Gasteiger partial charge in [0.25, 0.3) is 0 Å². The van der Waals surface area contributed by atoms with Gasteiger partial charge in [-0.2, -0.15) is 0 Å². The Morgan fingerprint density at radius 2 is 2.08 bits per heavy atom. The smallest absolute Gasteiger partial charge is 0.230 e. The highest BCUT2D eigenvalue weighted by atomic mass is 32.2. The van der Waals surface area contributed by atoms with Gasteiger partial charge in [-0.1, -0.05) is 42.1 Å². The molecule has 1 aromatic carbocycles. The van der Waals surface area contributed by atoms with E-state index in [-0.39, 0.29) is 18.0 Å². The maximum atomic E-state index is 12.5. The number of aryl methyl sites for hydroxylation is 1. The summed E-state index contributed by atoms with van der Waals surface area (Å²) in [6.45, 7) is 7.30. The zero-order valence-electron chi connectivity index (χ0n) is 15.2. The lowest BCUT2D eigenvalue weighted by molar-refractivity contribution is -0.119. The van der Waals surface area contributed by atoms with Crippen molar-refractivity contribution in [2.75, 3.05) is 32.1 Å². The van der Waals surface area contributed by atoms with Gasteiger partial charge in [0.05, 0.1) is 25.0 Å². The zero-order chi connectivity index (χ0) is 18.4. The van der Waals surface area contributed by atoms with E-state index in [1.165, 1.54) is 17.3 Å². The number of nitrogens with one attached hydrogen (secondary N) is 1. The van der Waals surface area contributed by atoms with Crippen LogP contribution in [0.2, 0.25) is 0 Å². The molecule has 0 aliphatic carbocycles. The van der Waals surface area contributed by atoms with Crippen molar-refractivity contribution in [3.63, 3.8) is 0 Å². The minimum absolute atomic E-state index is 0.0154. The highest BCUT2D eigenvalue weighted by molar-refractivity contribution is 8.01. The summed E-state index contributed by atoms with van der Waals surface area (Å²) in [7, 11) is 0. The van der Waals surface area contributed by atoms with Gasteiger partial charge in [0.1, 0.15) is 0 Å². The minimum Gasteiger partial charge on any atom is -0.379 e. The molecule has 2 atom stereocenters. The number of thiazole rings is 1. The van der Waals surface area contributed by atoms with E-state index in [9.17, 15) is 4.79 Å². The third-order valence-corrected chi connectivity index (χ3v) is 6.51. The molecule has 0 spiro atoms. The van der Waals surface area contributed by atoms with E-state index < -0.39 is 0 Å². The number of amides is 1. The first-order chi connectivity index (χ1) is 12.6. The SMILES string of the molecule is Cc1csc(SCC(=O)N[C@H](C)[C@H](c2ccccc2)N2CCOCC2)n1. The zero-order valence-corrected chi connectivity index (χ0v) is 16.8. The maximum Gasteiger partial charge on any atom is 0.230 e. The number of thioether (sulfide) groups is 1. The Hall–Kier alpha value is -1.41. The summed E-state index contributed by atoms with van der Waals surface area (Å²) in [6, 6.07) is 10.6. The van der Waals surface area contributed by atoms with Gasteiger partial charge in [0.15, 0.2) is 4.34 Å². The monoisotopic (exact) mass is 391 g/mol. The number of hydrogen-bond acceptors (Lipinski definition) is 6. The summed E-state index contributed by atoms with van der Waals surface area (Å²) in [5.41, 5.74) is 2.23. The Balaban J connectivity index is 1.62. The second-order valence-electron chi connectivity index (χ2n) is 6.40. The summed E-state index contributed by atoms with van der Waals surface area (Å²) in [5.74, 6) is 0.437.